The Morgan fingerprint density at radius 3 is 2.70 bits per heavy atom. The van der Waals surface area contributed by atoms with Crippen molar-refractivity contribution in [3.8, 4) is 0 Å². The van der Waals surface area contributed by atoms with Gasteiger partial charge in [0.05, 0.1) is 12.1 Å². The molecule has 2 heterocycles. The molecule has 0 fully saturated rings. The number of nitrogens with zero attached hydrogens (tertiary/aromatic N) is 2. The molecule has 2 amide bonds. The molecule has 0 aliphatic carbocycles. The van der Waals surface area contributed by atoms with Crippen molar-refractivity contribution < 1.29 is 9.59 Å². The minimum absolute atomic E-state index is 0.0249. The predicted molar refractivity (Wildman–Crippen MR) is 111 cm³/mol. The molecule has 1 aliphatic rings. The number of hydrogen-bond donors (Lipinski definition) is 1. The van der Waals surface area contributed by atoms with Crippen LogP contribution in [0, 0.1) is 5.41 Å². The molecule has 0 saturated carbocycles. The number of benzene rings is 1. The second kappa shape index (κ2) is 6.91. The van der Waals surface area contributed by atoms with Crippen molar-refractivity contribution >= 4 is 45.6 Å². The van der Waals surface area contributed by atoms with Gasteiger partial charge in [-0.25, -0.2) is 4.98 Å². The van der Waals surface area contributed by atoms with Crippen molar-refractivity contribution in [1.29, 1.82) is 0 Å². The van der Waals surface area contributed by atoms with Crippen molar-refractivity contribution in [2.45, 2.75) is 46.5 Å². The van der Waals surface area contributed by atoms with E-state index < -0.39 is 5.41 Å². The number of fused-ring (bicyclic) bond motifs is 1. The van der Waals surface area contributed by atoms with Crippen molar-refractivity contribution in [2.75, 3.05) is 16.8 Å². The number of amides is 2. The van der Waals surface area contributed by atoms with E-state index in [1.54, 1.807) is 4.90 Å². The molecule has 144 valence electrons. The largest absolute Gasteiger partial charge is 0.311 e. The normalized spacial score (nSPS) is 15.6. The summed E-state index contributed by atoms with van der Waals surface area (Å²) in [6.45, 7) is 10.3. The summed E-state index contributed by atoms with van der Waals surface area (Å²) >= 11 is 7.72. The third-order valence-electron chi connectivity index (χ3n) is 4.60. The number of halogens is 1. The minimum Gasteiger partial charge on any atom is -0.311 e. The summed E-state index contributed by atoms with van der Waals surface area (Å²) < 4.78 is 0. The number of thiazole rings is 1. The number of rotatable bonds is 3. The molecule has 0 bridgehead atoms. The van der Waals surface area contributed by atoms with Gasteiger partial charge >= 0.3 is 0 Å². The fraction of sp³-hybridized carbons (Fsp3) is 0.450. The van der Waals surface area contributed by atoms with Gasteiger partial charge in [0.1, 0.15) is 0 Å². The Balaban J connectivity index is 1.75. The predicted octanol–water partition coefficient (Wildman–Crippen LogP) is 4.65. The van der Waals surface area contributed by atoms with Gasteiger partial charge in [-0.1, -0.05) is 52.3 Å². The number of carbonyl (C=O) groups is 2. The van der Waals surface area contributed by atoms with Crippen LogP contribution in [0.2, 0.25) is 5.02 Å². The number of anilines is 2. The van der Waals surface area contributed by atoms with Crippen LogP contribution in [0.3, 0.4) is 0 Å². The topological polar surface area (TPSA) is 62.3 Å². The van der Waals surface area contributed by atoms with Gasteiger partial charge in [0, 0.05) is 39.0 Å². The second-order valence-electron chi connectivity index (χ2n) is 8.52. The standard InChI is InChI=1S/C20H24ClN3O2S/c1-19(2,3)17(26)23-18-22-12(10-27-18)9-15(25)24-11-20(4,5)16-13(21)7-6-8-14(16)24/h6-8,10H,9,11H2,1-5H3,(H,22,23,26). The van der Waals surface area contributed by atoms with Gasteiger partial charge < -0.3 is 10.2 Å². The van der Waals surface area contributed by atoms with Gasteiger partial charge in [-0.05, 0) is 12.1 Å². The minimum atomic E-state index is -0.494. The first-order valence-electron chi connectivity index (χ1n) is 8.84. The summed E-state index contributed by atoms with van der Waals surface area (Å²) in [5, 5.41) is 5.83. The van der Waals surface area contributed by atoms with E-state index in [4.69, 9.17) is 11.6 Å². The first-order chi connectivity index (χ1) is 12.5. The Kier molecular flexibility index (Phi) is 5.08. The molecular formula is C20H24ClN3O2S. The molecule has 7 heteroatoms. The smallest absolute Gasteiger partial charge is 0.233 e. The first-order valence-corrected chi connectivity index (χ1v) is 10.1. The summed E-state index contributed by atoms with van der Waals surface area (Å²) in [7, 11) is 0. The zero-order valence-corrected chi connectivity index (χ0v) is 17.8. The lowest BCUT2D eigenvalue weighted by molar-refractivity contribution is -0.123. The maximum atomic E-state index is 12.9. The van der Waals surface area contributed by atoms with Crippen LogP contribution in [-0.4, -0.2) is 23.3 Å². The first kappa shape index (κ1) is 19.8. The Hall–Kier alpha value is -1.92. The van der Waals surface area contributed by atoms with Crippen LogP contribution < -0.4 is 10.2 Å². The zero-order valence-electron chi connectivity index (χ0n) is 16.2. The highest BCUT2D eigenvalue weighted by atomic mass is 35.5. The van der Waals surface area contributed by atoms with Crippen LogP contribution in [0.5, 0.6) is 0 Å². The van der Waals surface area contributed by atoms with Gasteiger partial charge in [-0.3, -0.25) is 9.59 Å². The highest BCUT2D eigenvalue weighted by Crippen LogP contribution is 2.44. The van der Waals surface area contributed by atoms with E-state index in [1.165, 1.54) is 11.3 Å². The van der Waals surface area contributed by atoms with E-state index in [2.05, 4.69) is 24.1 Å². The number of carbonyl (C=O) groups excluding carboxylic acids is 2. The van der Waals surface area contributed by atoms with E-state index in [1.807, 2.05) is 44.4 Å². The van der Waals surface area contributed by atoms with E-state index in [9.17, 15) is 9.59 Å². The number of hydrogen-bond acceptors (Lipinski definition) is 4. The molecule has 2 aromatic rings. The van der Waals surface area contributed by atoms with Gasteiger partial charge in [-0.2, -0.15) is 0 Å². The zero-order chi connectivity index (χ0) is 20.0. The average molecular weight is 406 g/mol. The summed E-state index contributed by atoms with van der Waals surface area (Å²) in [4.78, 5) is 31.2. The maximum Gasteiger partial charge on any atom is 0.233 e. The lowest BCUT2D eigenvalue weighted by atomic mass is 9.87. The Labute approximate surface area is 168 Å². The third kappa shape index (κ3) is 4.01. The van der Waals surface area contributed by atoms with Gasteiger partial charge in [0.2, 0.25) is 11.8 Å². The molecule has 3 rings (SSSR count). The van der Waals surface area contributed by atoms with Crippen LogP contribution in [0.4, 0.5) is 10.8 Å². The fourth-order valence-electron chi connectivity index (χ4n) is 3.17. The molecule has 0 atom stereocenters. The molecule has 0 saturated heterocycles. The highest BCUT2D eigenvalue weighted by molar-refractivity contribution is 7.13. The molecule has 0 spiro atoms. The van der Waals surface area contributed by atoms with E-state index in [0.717, 1.165) is 11.3 Å². The van der Waals surface area contributed by atoms with Gasteiger partial charge in [0.15, 0.2) is 5.13 Å². The van der Waals surface area contributed by atoms with Crippen LogP contribution in [0.1, 0.15) is 45.9 Å². The summed E-state index contributed by atoms with van der Waals surface area (Å²) in [6, 6.07) is 5.66. The number of aromatic nitrogens is 1. The Morgan fingerprint density at radius 1 is 1.33 bits per heavy atom. The molecule has 0 unspecified atom stereocenters. The lowest BCUT2D eigenvalue weighted by Crippen LogP contribution is -2.35. The molecule has 1 aromatic carbocycles. The summed E-state index contributed by atoms with van der Waals surface area (Å²) in [6.07, 6.45) is 0.184. The fourth-order valence-corrected chi connectivity index (χ4v) is 4.30. The van der Waals surface area contributed by atoms with Crippen molar-refractivity contribution in [2.24, 2.45) is 5.41 Å². The van der Waals surface area contributed by atoms with Crippen molar-refractivity contribution in [3.63, 3.8) is 0 Å². The second-order valence-corrected chi connectivity index (χ2v) is 9.79. The highest BCUT2D eigenvalue weighted by Gasteiger charge is 2.39. The van der Waals surface area contributed by atoms with Crippen LogP contribution in [0.25, 0.3) is 0 Å². The molecule has 5 nitrogen and oxygen atoms in total. The van der Waals surface area contributed by atoms with Gasteiger partial charge in [0.25, 0.3) is 0 Å². The molecule has 27 heavy (non-hydrogen) atoms. The van der Waals surface area contributed by atoms with Crippen LogP contribution >= 0.6 is 22.9 Å². The summed E-state index contributed by atoms with van der Waals surface area (Å²) in [5.41, 5.74) is 1.84. The van der Waals surface area contributed by atoms with Crippen LogP contribution in [-0.2, 0) is 21.4 Å². The Bertz CT molecular complexity index is 899. The van der Waals surface area contributed by atoms with E-state index >= 15 is 0 Å². The Morgan fingerprint density at radius 2 is 2.04 bits per heavy atom. The third-order valence-corrected chi connectivity index (χ3v) is 5.72. The molecule has 1 aromatic heterocycles. The van der Waals surface area contributed by atoms with E-state index in [0.29, 0.717) is 22.4 Å². The summed E-state index contributed by atoms with van der Waals surface area (Å²) in [5.74, 6) is -0.123. The SMILES string of the molecule is CC(C)(C)C(=O)Nc1nc(CC(=O)N2CC(C)(C)c3c(Cl)cccc32)cs1. The maximum absolute atomic E-state index is 12.9. The number of nitrogens with one attached hydrogen (secondary N) is 1. The van der Waals surface area contributed by atoms with Crippen molar-refractivity contribution in [1.82, 2.24) is 4.98 Å². The monoisotopic (exact) mass is 405 g/mol. The molecule has 1 N–H and O–H groups in total. The average Bonchev–Trinajstić information content (AvgIpc) is 3.09. The van der Waals surface area contributed by atoms with Crippen molar-refractivity contribution in [3.05, 3.63) is 39.9 Å². The quantitative estimate of drug-likeness (QED) is 0.808. The van der Waals surface area contributed by atoms with Gasteiger partial charge in [-0.15, -0.1) is 11.3 Å². The molecule has 1 aliphatic heterocycles. The van der Waals surface area contributed by atoms with Crippen LogP contribution in [0.15, 0.2) is 23.6 Å². The lowest BCUT2D eigenvalue weighted by Gasteiger charge is -2.20. The molecule has 0 radical (unpaired) electrons. The van der Waals surface area contributed by atoms with E-state index in [-0.39, 0.29) is 23.7 Å². The molecular weight excluding hydrogens is 382 g/mol.